The summed E-state index contributed by atoms with van der Waals surface area (Å²) in [5.41, 5.74) is 1.20. The highest BCUT2D eigenvalue weighted by atomic mass is 16.2. The molecule has 0 aliphatic carbocycles. The largest absolute Gasteiger partial charge is 0.364 e. The average molecular weight is 314 g/mol. The molecule has 0 saturated heterocycles. The van der Waals surface area contributed by atoms with Gasteiger partial charge < -0.3 is 9.88 Å². The normalized spacial score (nSPS) is 11.0. The van der Waals surface area contributed by atoms with Crippen LogP contribution >= 0.6 is 0 Å². The molecule has 0 saturated carbocycles. The molecule has 3 rings (SSSR count). The molecule has 0 radical (unpaired) electrons. The lowest BCUT2D eigenvalue weighted by Gasteiger charge is -2.08. The molecule has 2 heterocycles. The number of rotatable bonds is 5. The smallest absolute Gasteiger partial charge is 0.346 e. The molecule has 8 nitrogen and oxygen atoms in total. The molecule has 0 unspecified atom stereocenters. The van der Waals surface area contributed by atoms with Crippen molar-refractivity contribution in [2.45, 2.75) is 13.0 Å². The van der Waals surface area contributed by atoms with Crippen LogP contribution < -0.4 is 16.6 Å². The number of hydrogen-bond acceptors (Lipinski definition) is 5. The van der Waals surface area contributed by atoms with Crippen molar-refractivity contribution in [3.63, 3.8) is 0 Å². The predicted octanol–water partition coefficient (Wildman–Crippen LogP) is 0.331. The molecular formula is C15H18N6O2. The van der Waals surface area contributed by atoms with Gasteiger partial charge in [0.05, 0.1) is 17.4 Å². The van der Waals surface area contributed by atoms with Crippen molar-refractivity contribution in [2.75, 3.05) is 11.9 Å². The molecule has 0 atom stereocenters. The Bertz CT molecular complexity index is 952. The Balaban J connectivity index is 1.65. The van der Waals surface area contributed by atoms with Gasteiger partial charge in [0.15, 0.2) is 0 Å². The van der Waals surface area contributed by atoms with E-state index in [4.69, 9.17) is 0 Å². The first-order valence-electron chi connectivity index (χ1n) is 7.36. The van der Waals surface area contributed by atoms with Gasteiger partial charge in [-0.1, -0.05) is 12.1 Å². The van der Waals surface area contributed by atoms with Crippen LogP contribution in [0.4, 0.5) is 5.82 Å². The minimum atomic E-state index is -0.439. The Hall–Kier alpha value is -2.90. The van der Waals surface area contributed by atoms with Crippen LogP contribution in [0.2, 0.25) is 0 Å². The summed E-state index contributed by atoms with van der Waals surface area (Å²) in [4.78, 5) is 27.9. The number of imidazole rings is 1. The first-order chi connectivity index (χ1) is 11.1. The molecule has 0 aliphatic heterocycles. The highest BCUT2D eigenvalue weighted by molar-refractivity contribution is 5.74. The molecule has 0 amide bonds. The first kappa shape index (κ1) is 15.0. The van der Waals surface area contributed by atoms with Crippen LogP contribution in [0.1, 0.15) is 6.42 Å². The van der Waals surface area contributed by atoms with Gasteiger partial charge in [-0.2, -0.15) is 0 Å². The van der Waals surface area contributed by atoms with E-state index in [-0.39, 0.29) is 5.82 Å². The summed E-state index contributed by atoms with van der Waals surface area (Å²) in [6.45, 7) is 1.35. The van der Waals surface area contributed by atoms with Crippen molar-refractivity contribution in [2.24, 2.45) is 14.1 Å². The van der Waals surface area contributed by atoms with Crippen LogP contribution in [0.3, 0.4) is 0 Å². The van der Waals surface area contributed by atoms with Gasteiger partial charge >= 0.3 is 5.69 Å². The van der Waals surface area contributed by atoms with E-state index >= 15 is 0 Å². The van der Waals surface area contributed by atoms with Gasteiger partial charge in [-0.15, -0.1) is 5.10 Å². The quantitative estimate of drug-likeness (QED) is 0.686. The number of aryl methyl sites for hydroxylation is 2. The van der Waals surface area contributed by atoms with Gasteiger partial charge in [0, 0.05) is 27.2 Å². The van der Waals surface area contributed by atoms with Crippen LogP contribution in [0.15, 0.2) is 40.2 Å². The van der Waals surface area contributed by atoms with E-state index in [1.165, 1.54) is 14.1 Å². The van der Waals surface area contributed by atoms with E-state index in [2.05, 4.69) is 20.0 Å². The van der Waals surface area contributed by atoms with Crippen LogP contribution in [-0.2, 0) is 20.6 Å². The van der Waals surface area contributed by atoms with Gasteiger partial charge in [-0.3, -0.25) is 9.36 Å². The van der Waals surface area contributed by atoms with Crippen molar-refractivity contribution in [3.05, 3.63) is 51.4 Å². The fourth-order valence-electron chi connectivity index (χ4n) is 2.45. The van der Waals surface area contributed by atoms with E-state index in [1.54, 1.807) is 0 Å². The Kier molecular flexibility index (Phi) is 3.96. The predicted molar refractivity (Wildman–Crippen MR) is 87.6 cm³/mol. The maximum absolute atomic E-state index is 11.9. The second-order valence-electron chi connectivity index (χ2n) is 5.33. The van der Waals surface area contributed by atoms with E-state index in [0.29, 0.717) is 6.54 Å². The first-order valence-corrected chi connectivity index (χ1v) is 7.36. The SMILES string of the molecule is Cn1nc(NCCCn2cnc3ccccc32)c(=O)n(C)c1=O. The van der Waals surface area contributed by atoms with Gasteiger partial charge in [-0.25, -0.2) is 14.5 Å². The van der Waals surface area contributed by atoms with Crippen molar-refractivity contribution < 1.29 is 0 Å². The van der Waals surface area contributed by atoms with Gasteiger partial charge in [0.1, 0.15) is 0 Å². The number of hydrogen-bond donors (Lipinski definition) is 1. The van der Waals surface area contributed by atoms with Crippen molar-refractivity contribution in [1.82, 2.24) is 23.9 Å². The second kappa shape index (κ2) is 6.07. The zero-order chi connectivity index (χ0) is 16.4. The number of nitrogens with zero attached hydrogens (tertiary/aromatic N) is 5. The van der Waals surface area contributed by atoms with E-state index in [0.717, 1.165) is 33.2 Å². The summed E-state index contributed by atoms with van der Waals surface area (Å²) in [5, 5.41) is 6.95. The fraction of sp³-hybridized carbons (Fsp3) is 0.333. The van der Waals surface area contributed by atoms with Crippen LogP contribution in [0.5, 0.6) is 0 Å². The highest BCUT2D eigenvalue weighted by Gasteiger charge is 2.08. The molecule has 120 valence electrons. The zero-order valence-electron chi connectivity index (χ0n) is 13.1. The fourth-order valence-corrected chi connectivity index (χ4v) is 2.45. The molecule has 2 aromatic heterocycles. The van der Waals surface area contributed by atoms with Crippen LogP contribution in [0.25, 0.3) is 11.0 Å². The highest BCUT2D eigenvalue weighted by Crippen LogP contribution is 2.11. The second-order valence-corrected chi connectivity index (χ2v) is 5.33. The van der Waals surface area contributed by atoms with E-state index < -0.39 is 11.2 Å². The number of aromatic nitrogens is 5. The minimum Gasteiger partial charge on any atom is -0.364 e. The third-order valence-electron chi connectivity index (χ3n) is 3.72. The Labute approximate surface area is 132 Å². The molecule has 0 bridgehead atoms. The van der Waals surface area contributed by atoms with Crippen LogP contribution in [0, 0.1) is 0 Å². The van der Waals surface area contributed by atoms with Crippen molar-refractivity contribution in [3.8, 4) is 0 Å². The third kappa shape index (κ3) is 2.87. The van der Waals surface area contributed by atoms with Crippen molar-refractivity contribution in [1.29, 1.82) is 0 Å². The molecular weight excluding hydrogens is 296 g/mol. The number of nitrogens with one attached hydrogen (secondary N) is 1. The number of anilines is 1. The van der Waals surface area contributed by atoms with Gasteiger partial charge in [0.25, 0.3) is 5.56 Å². The Morgan fingerprint density at radius 2 is 1.96 bits per heavy atom. The molecule has 0 aliphatic rings. The number of benzene rings is 1. The summed E-state index contributed by atoms with van der Waals surface area (Å²) in [5.74, 6) is 0.185. The summed E-state index contributed by atoms with van der Waals surface area (Å²) >= 11 is 0. The number of para-hydroxylation sites is 2. The van der Waals surface area contributed by atoms with E-state index in [1.807, 2.05) is 30.6 Å². The van der Waals surface area contributed by atoms with E-state index in [9.17, 15) is 9.59 Å². The Morgan fingerprint density at radius 1 is 1.17 bits per heavy atom. The lowest BCUT2D eigenvalue weighted by molar-refractivity contribution is 0.601. The third-order valence-corrected chi connectivity index (χ3v) is 3.72. The molecule has 1 N–H and O–H groups in total. The van der Waals surface area contributed by atoms with Crippen LogP contribution in [-0.4, -0.2) is 30.4 Å². The maximum atomic E-state index is 11.9. The molecule has 0 spiro atoms. The zero-order valence-corrected chi connectivity index (χ0v) is 13.1. The molecule has 3 aromatic rings. The average Bonchev–Trinajstić information content (AvgIpc) is 2.97. The number of fused-ring (bicyclic) bond motifs is 1. The van der Waals surface area contributed by atoms with Gasteiger partial charge in [0.2, 0.25) is 5.82 Å². The van der Waals surface area contributed by atoms with Gasteiger partial charge in [-0.05, 0) is 18.6 Å². The molecule has 1 aromatic carbocycles. The Morgan fingerprint density at radius 3 is 2.78 bits per heavy atom. The lowest BCUT2D eigenvalue weighted by Crippen LogP contribution is -2.40. The topological polar surface area (TPSA) is 86.7 Å². The summed E-state index contributed by atoms with van der Waals surface area (Å²) in [6.07, 6.45) is 2.61. The standard InChI is InChI=1S/C15H18N6O2/c1-19-14(22)13(18-20(2)15(19)23)16-8-5-9-21-10-17-11-6-3-4-7-12(11)21/h3-4,6-7,10H,5,8-9H2,1-2H3,(H,16,18). The molecule has 8 heteroatoms. The lowest BCUT2D eigenvalue weighted by atomic mass is 10.3. The summed E-state index contributed by atoms with van der Waals surface area (Å²) < 4.78 is 4.26. The molecule has 0 fully saturated rings. The maximum Gasteiger partial charge on any atom is 0.346 e. The van der Waals surface area contributed by atoms with Crippen molar-refractivity contribution >= 4 is 16.9 Å². The minimum absolute atomic E-state index is 0.185. The summed E-state index contributed by atoms with van der Waals surface area (Å²) in [6, 6.07) is 7.95. The monoisotopic (exact) mass is 314 g/mol. The summed E-state index contributed by atoms with van der Waals surface area (Å²) in [7, 11) is 2.96. The molecule has 23 heavy (non-hydrogen) atoms.